The van der Waals surface area contributed by atoms with Gasteiger partial charge in [-0.25, -0.2) is 4.98 Å². The fourth-order valence-electron chi connectivity index (χ4n) is 3.13. The van der Waals surface area contributed by atoms with E-state index in [9.17, 15) is 9.59 Å². The first-order valence-corrected chi connectivity index (χ1v) is 9.50. The molecule has 1 N–H and O–H groups in total. The summed E-state index contributed by atoms with van der Waals surface area (Å²) in [6.07, 6.45) is 3.45. The predicted octanol–water partition coefficient (Wildman–Crippen LogP) is 1.56. The van der Waals surface area contributed by atoms with E-state index in [0.29, 0.717) is 5.88 Å². The summed E-state index contributed by atoms with van der Waals surface area (Å²) in [6, 6.07) is 5.32. The molecule has 1 fully saturated rings. The number of nitrogens with one attached hydrogen (secondary N) is 1. The van der Waals surface area contributed by atoms with Crippen molar-refractivity contribution in [2.75, 3.05) is 31.6 Å². The monoisotopic (exact) mass is 399 g/mol. The number of carbonyl (C=O) groups excluding carboxylic acids is 2. The van der Waals surface area contributed by atoms with E-state index in [2.05, 4.69) is 25.4 Å². The Kier molecular flexibility index (Phi) is 6.58. The summed E-state index contributed by atoms with van der Waals surface area (Å²) in [7, 11) is 1.58. The molecule has 0 atom stereocenters. The molecule has 154 valence electrons. The largest absolute Gasteiger partial charge is 0.489 e. The normalized spacial score (nSPS) is 14.4. The summed E-state index contributed by atoms with van der Waals surface area (Å²) < 4.78 is 11.1. The van der Waals surface area contributed by atoms with E-state index < -0.39 is 5.91 Å². The molecular weight excluding hydrogens is 374 g/mol. The van der Waals surface area contributed by atoms with Gasteiger partial charge in [0.1, 0.15) is 17.6 Å². The highest BCUT2D eigenvalue weighted by atomic mass is 16.5. The second-order valence-corrected chi connectivity index (χ2v) is 6.96. The molecule has 2 aromatic rings. The number of Topliss-reactive ketones (excluding diaryl/α,β-unsaturated/α-hetero) is 1. The van der Waals surface area contributed by atoms with Crippen LogP contribution in [-0.4, -0.2) is 59.7 Å². The molecule has 29 heavy (non-hydrogen) atoms. The van der Waals surface area contributed by atoms with Crippen LogP contribution in [-0.2, 0) is 4.79 Å². The molecule has 0 radical (unpaired) electrons. The van der Waals surface area contributed by atoms with E-state index in [1.807, 2.05) is 13.0 Å². The van der Waals surface area contributed by atoms with Crippen LogP contribution in [0.3, 0.4) is 0 Å². The van der Waals surface area contributed by atoms with Crippen molar-refractivity contribution in [1.29, 1.82) is 0 Å². The lowest BCUT2D eigenvalue weighted by Crippen LogP contribution is -2.39. The van der Waals surface area contributed by atoms with E-state index >= 15 is 0 Å². The van der Waals surface area contributed by atoms with Gasteiger partial charge in [-0.2, -0.15) is 0 Å². The molecule has 3 rings (SSSR count). The Morgan fingerprint density at radius 1 is 1.24 bits per heavy atom. The first kappa shape index (κ1) is 20.5. The van der Waals surface area contributed by atoms with E-state index in [0.717, 1.165) is 43.1 Å². The van der Waals surface area contributed by atoms with Crippen LogP contribution in [0.2, 0.25) is 0 Å². The Labute approximate surface area is 169 Å². The Hall–Kier alpha value is -3.23. The van der Waals surface area contributed by atoms with Gasteiger partial charge in [-0.3, -0.25) is 9.59 Å². The van der Waals surface area contributed by atoms with Gasteiger partial charge in [0.2, 0.25) is 5.88 Å². The highest BCUT2D eigenvalue weighted by Gasteiger charge is 2.23. The first-order chi connectivity index (χ1) is 14.0. The smallest absolute Gasteiger partial charge is 0.272 e. The fourth-order valence-corrected chi connectivity index (χ4v) is 3.13. The van der Waals surface area contributed by atoms with Gasteiger partial charge in [-0.1, -0.05) is 0 Å². The van der Waals surface area contributed by atoms with Gasteiger partial charge in [-0.05, 0) is 31.5 Å². The van der Waals surface area contributed by atoms with Crippen LogP contribution in [0, 0.1) is 6.92 Å². The maximum Gasteiger partial charge on any atom is 0.272 e. The third-order valence-corrected chi connectivity index (χ3v) is 4.65. The molecule has 1 amide bonds. The standard InChI is InChI=1S/C20H25N5O4/c1-13-10-17(20(27)22-11-14(2)26)23-24-19(13)25-8-6-15(7-9-25)29-16-4-5-18(28-3)21-12-16/h4-5,10,12,15H,6-9,11H2,1-3H3,(H,22,27). The Morgan fingerprint density at radius 3 is 2.59 bits per heavy atom. The SMILES string of the molecule is COc1ccc(OC2CCN(c3nnc(C(=O)NCC(C)=O)cc3C)CC2)cn1. The number of aryl methyl sites for hydroxylation is 1. The van der Waals surface area contributed by atoms with Crippen LogP contribution >= 0.6 is 0 Å². The molecule has 2 aromatic heterocycles. The minimum atomic E-state index is -0.400. The average molecular weight is 399 g/mol. The lowest BCUT2D eigenvalue weighted by Gasteiger charge is -2.33. The van der Waals surface area contributed by atoms with Crippen LogP contribution in [0.4, 0.5) is 5.82 Å². The maximum atomic E-state index is 12.0. The zero-order chi connectivity index (χ0) is 20.8. The summed E-state index contributed by atoms with van der Waals surface area (Å²) >= 11 is 0. The van der Waals surface area contributed by atoms with Crippen molar-refractivity contribution in [2.24, 2.45) is 0 Å². The molecule has 1 aliphatic heterocycles. The van der Waals surface area contributed by atoms with Gasteiger partial charge in [-0.15, -0.1) is 10.2 Å². The molecular formula is C20H25N5O4. The molecule has 0 saturated carbocycles. The van der Waals surface area contributed by atoms with E-state index in [1.165, 1.54) is 6.92 Å². The molecule has 0 aromatic carbocycles. The predicted molar refractivity (Wildman–Crippen MR) is 106 cm³/mol. The molecule has 9 heteroatoms. The molecule has 9 nitrogen and oxygen atoms in total. The van der Waals surface area contributed by atoms with Crippen molar-refractivity contribution in [3.05, 3.63) is 35.7 Å². The number of rotatable bonds is 7. The highest BCUT2D eigenvalue weighted by molar-refractivity contribution is 5.95. The molecule has 0 bridgehead atoms. The summed E-state index contributed by atoms with van der Waals surface area (Å²) in [5, 5.41) is 10.8. The number of ether oxygens (including phenoxy) is 2. The summed E-state index contributed by atoms with van der Waals surface area (Å²) in [6.45, 7) is 4.86. The van der Waals surface area contributed by atoms with Crippen LogP contribution in [0.25, 0.3) is 0 Å². The van der Waals surface area contributed by atoms with Gasteiger partial charge in [0.25, 0.3) is 5.91 Å². The van der Waals surface area contributed by atoms with Gasteiger partial charge in [0.05, 0.1) is 19.9 Å². The van der Waals surface area contributed by atoms with Crippen molar-refractivity contribution < 1.29 is 19.1 Å². The summed E-state index contributed by atoms with van der Waals surface area (Å²) in [5.74, 6) is 1.52. The Bertz CT molecular complexity index is 864. The number of hydrogen-bond donors (Lipinski definition) is 1. The third-order valence-electron chi connectivity index (χ3n) is 4.65. The second-order valence-electron chi connectivity index (χ2n) is 6.96. The highest BCUT2D eigenvalue weighted by Crippen LogP contribution is 2.24. The van der Waals surface area contributed by atoms with E-state index in [1.54, 1.807) is 25.4 Å². The van der Waals surface area contributed by atoms with Crippen molar-refractivity contribution in [2.45, 2.75) is 32.8 Å². The van der Waals surface area contributed by atoms with Gasteiger partial charge in [0.15, 0.2) is 11.5 Å². The number of methoxy groups -OCH3 is 1. The van der Waals surface area contributed by atoms with Gasteiger partial charge in [0, 0.05) is 32.0 Å². The van der Waals surface area contributed by atoms with Crippen LogP contribution in [0.1, 0.15) is 35.8 Å². The summed E-state index contributed by atoms with van der Waals surface area (Å²) in [5.41, 5.74) is 1.07. The quantitative estimate of drug-likeness (QED) is 0.748. The number of anilines is 1. The lowest BCUT2D eigenvalue weighted by molar-refractivity contribution is -0.116. The number of carbonyl (C=O) groups is 2. The average Bonchev–Trinajstić information content (AvgIpc) is 2.73. The van der Waals surface area contributed by atoms with Crippen molar-refractivity contribution >= 4 is 17.5 Å². The number of pyridine rings is 1. The molecule has 0 aliphatic carbocycles. The van der Waals surface area contributed by atoms with Gasteiger partial charge < -0.3 is 19.7 Å². The van der Waals surface area contributed by atoms with Crippen molar-refractivity contribution in [3.63, 3.8) is 0 Å². The minimum Gasteiger partial charge on any atom is -0.489 e. The zero-order valence-corrected chi connectivity index (χ0v) is 16.8. The number of aromatic nitrogens is 3. The van der Waals surface area contributed by atoms with Gasteiger partial charge >= 0.3 is 0 Å². The lowest BCUT2D eigenvalue weighted by atomic mass is 10.1. The molecule has 0 unspecified atom stereocenters. The van der Waals surface area contributed by atoms with Crippen molar-refractivity contribution in [3.8, 4) is 11.6 Å². The molecule has 3 heterocycles. The number of amides is 1. The molecule has 0 spiro atoms. The summed E-state index contributed by atoms with van der Waals surface area (Å²) in [4.78, 5) is 29.3. The molecule has 1 saturated heterocycles. The second kappa shape index (κ2) is 9.31. The number of piperidine rings is 1. The Morgan fingerprint density at radius 2 is 2.00 bits per heavy atom. The number of ketones is 1. The van der Waals surface area contributed by atoms with Crippen LogP contribution in [0.5, 0.6) is 11.6 Å². The minimum absolute atomic E-state index is 0.0153. The van der Waals surface area contributed by atoms with Crippen LogP contribution in [0.15, 0.2) is 24.4 Å². The zero-order valence-electron chi connectivity index (χ0n) is 16.8. The van der Waals surface area contributed by atoms with Crippen LogP contribution < -0.4 is 19.7 Å². The number of hydrogen-bond acceptors (Lipinski definition) is 8. The van der Waals surface area contributed by atoms with E-state index in [-0.39, 0.29) is 24.1 Å². The number of nitrogens with zero attached hydrogens (tertiary/aromatic N) is 4. The van der Waals surface area contributed by atoms with Crippen molar-refractivity contribution in [1.82, 2.24) is 20.5 Å². The topological polar surface area (TPSA) is 107 Å². The first-order valence-electron chi connectivity index (χ1n) is 9.50. The Balaban J connectivity index is 1.55. The van der Waals surface area contributed by atoms with E-state index in [4.69, 9.17) is 9.47 Å². The molecule has 1 aliphatic rings. The third kappa shape index (κ3) is 5.40. The fraction of sp³-hybridized carbons (Fsp3) is 0.450. The maximum absolute atomic E-state index is 12.0.